The van der Waals surface area contributed by atoms with Gasteiger partial charge in [-0.15, -0.1) is 0 Å². The molecule has 0 N–H and O–H groups in total. The predicted molar refractivity (Wildman–Crippen MR) is 63.0 cm³/mol. The maximum atomic E-state index is 5.46. The number of ether oxygens (including phenoxy) is 1. The number of rotatable bonds is 3. The molecule has 80 valence electrons. The molecule has 0 saturated carbocycles. The monoisotopic (exact) mass is 203 g/mol. The minimum absolute atomic E-state index is 0.705. The second kappa shape index (κ2) is 4.07. The van der Waals surface area contributed by atoms with E-state index in [2.05, 4.69) is 42.9 Å². The fourth-order valence-electron chi connectivity index (χ4n) is 1.90. The van der Waals surface area contributed by atoms with E-state index in [1.165, 1.54) is 22.0 Å². The SMILES string of the molecule is CCOCc1cn(C)c2cc(C)ccc12. The van der Waals surface area contributed by atoms with Crippen LogP contribution in [0, 0.1) is 6.92 Å². The molecule has 0 amide bonds. The Hall–Kier alpha value is -1.28. The van der Waals surface area contributed by atoms with Crippen LogP contribution in [0.15, 0.2) is 24.4 Å². The summed E-state index contributed by atoms with van der Waals surface area (Å²) < 4.78 is 7.62. The van der Waals surface area contributed by atoms with Crippen molar-refractivity contribution in [3.8, 4) is 0 Å². The molecular formula is C13H17NO. The van der Waals surface area contributed by atoms with Gasteiger partial charge in [-0.2, -0.15) is 0 Å². The van der Waals surface area contributed by atoms with Gasteiger partial charge in [-0.05, 0) is 25.5 Å². The molecule has 1 heterocycles. The average Bonchev–Trinajstić information content (AvgIpc) is 2.53. The van der Waals surface area contributed by atoms with Crippen molar-refractivity contribution in [2.24, 2.45) is 7.05 Å². The van der Waals surface area contributed by atoms with E-state index in [0.717, 1.165) is 6.61 Å². The van der Waals surface area contributed by atoms with E-state index >= 15 is 0 Å². The van der Waals surface area contributed by atoms with Crippen LogP contribution in [0.4, 0.5) is 0 Å². The molecule has 2 heteroatoms. The lowest BCUT2D eigenvalue weighted by Crippen LogP contribution is -1.90. The van der Waals surface area contributed by atoms with Crippen LogP contribution in [0.25, 0.3) is 10.9 Å². The van der Waals surface area contributed by atoms with E-state index in [9.17, 15) is 0 Å². The lowest BCUT2D eigenvalue weighted by Gasteiger charge is -1.99. The molecule has 2 rings (SSSR count). The van der Waals surface area contributed by atoms with Crippen LogP contribution in [0.5, 0.6) is 0 Å². The molecule has 0 fully saturated rings. The molecule has 2 aromatic rings. The first-order chi connectivity index (χ1) is 7.22. The Labute approximate surface area is 90.5 Å². The van der Waals surface area contributed by atoms with Crippen molar-refractivity contribution in [2.75, 3.05) is 6.61 Å². The van der Waals surface area contributed by atoms with E-state index in [-0.39, 0.29) is 0 Å². The fourth-order valence-corrected chi connectivity index (χ4v) is 1.90. The van der Waals surface area contributed by atoms with Gasteiger partial charge < -0.3 is 9.30 Å². The zero-order chi connectivity index (χ0) is 10.8. The van der Waals surface area contributed by atoms with Crippen molar-refractivity contribution in [1.29, 1.82) is 0 Å². The van der Waals surface area contributed by atoms with Crippen molar-refractivity contribution in [2.45, 2.75) is 20.5 Å². The summed E-state index contributed by atoms with van der Waals surface area (Å²) in [5.41, 5.74) is 3.85. The van der Waals surface area contributed by atoms with Gasteiger partial charge in [0, 0.05) is 36.3 Å². The molecule has 15 heavy (non-hydrogen) atoms. The molecule has 0 aliphatic carbocycles. The zero-order valence-corrected chi connectivity index (χ0v) is 9.58. The summed E-state index contributed by atoms with van der Waals surface area (Å²) in [5.74, 6) is 0. The van der Waals surface area contributed by atoms with Crippen LogP contribution in [0.2, 0.25) is 0 Å². The van der Waals surface area contributed by atoms with E-state index in [0.29, 0.717) is 6.61 Å². The third-order valence-corrected chi connectivity index (χ3v) is 2.69. The number of hydrogen-bond donors (Lipinski definition) is 0. The number of benzene rings is 1. The van der Waals surface area contributed by atoms with Gasteiger partial charge in [0.1, 0.15) is 0 Å². The van der Waals surface area contributed by atoms with E-state index in [1.807, 2.05) is 6.92 Å². The second-order valence-corrected chi connectivity index (χ2v) is 3.92. The van der Waals surface area contributed by atoms with Crippen molar-refractivity contribution in [3.63, 3.8) is 0 Å². The number of fused-ring (bicyclic) bond motifs is 1. The summed E-state index contributed by atoms with van der Waals surface area (Å²) in [7, 11) is 2.08. The van der Waals surface area contributed by atoms with Gasteiger partial charge >= 0.3 is 0 Å². The highest BCUT2D eigenvalue weighted by Crippen LogP contribution is 2.22. The quantitative estimate of drug-likeness (QED) is 0.748. The van der Waals surface area contributed by atoms with Gasteiger partial charge in [-0.1, -0.05) is 12.1 Å². The number of hydrogen-bond acceptors (Lipinski definition) is 1. The largest absolute Gasteiger partial charge is 0.377 e. The van der Waals surface area contributed by atoms with Crippen molar-refractivity contribution in [1.82, 2.24) is 4.57 Å². The molecule has 0 saturated heterocycles. The summed E-state index contributed by atoms with van der Waals surface area (Å²) in [6, 6.07) is 6.54. The summed E-state index contributed by atoms with van der Waals surface area (Å²) in [5, 5.41) is 1.30. The zero-order valence-electron chi connectivity index (χ0n) is 9.58. The maximum Gasteiger partial charge on any atom is 0.0737 e. The third-order valence-electron chi connectivity index (χ3n) is 2.69. The number of aryl methyl sites for hydroxylation is 2. The van der Waals surface area contributed by atoms with E-state index in [4.69, 9.17) is 4.74 Å². The van der Waals surface area contributed by atoms with Crippen LogP contribution in [0.1, 0.15) is 18.1 Å². The molecule has 2 nitrogen and oxygen atoms in total. The van der Waals surface area contributed by atoms with Gasteiger partial charge in [-0.25, -0.2) is 0 Å². The molecule has 1 aromatic heterocycles. The van der Waals surface area contributed by atoms with Crippen LogP contribution in [0.3, 0.4) is 0 Å². The Bertz CT molecular complexity index is 471. The maximum absolute atomic E-state index is 5.46. The van der Waals surface area contributed by atoms with Crippen LogP contribution >= 0.6 is 0 Å². The van der Waals surface area contributed by atoms with Gasteiger partial charge in [0.15, 0.2) is 0 Å². The minimum Gasteiger partial charge on any atom is -0.377 e. The molecule has 0 unspecified atom stereocenters. The summed E-state index contributed by atoms with van der Waals surface area (Å²) >= 11 is 0. The third kappa shape index (κ3) is 1.90. The van der Waals surface area contributed by atoms with Gasteiger partial charge in [0.2, 0.25) is 0 Å². The molecule has 0 radical (unpaired) electrons. The average molecular weight is 203 g/mol. The predicted octanol–water partition coefficient (Wildman–Crippen LogP) is 3.02. The Morgan fingerprint density at radius 2 is 2.13 bits per heavy atom. The Balaban J connectivity index is 2.48. The van der Waals surface area contributed by atoms with Crippen LogP contribution < -0.4 is 0 Å². The molecular weight excluding hydrogens is 186 g/mol. The van der Waals surface area contributed by atoms with Crippen LogP contribution in [-0.4, -0.2) is 11.2 Å². The smallest absolute Gasteiger partial charge is 0.0737 e. The topological polar surface area (TPSA) is 14.2 Å². The number of nitrogens with zero attached hydrogens (tertiary/aromatic N) is 1. The van der Waals surface area contributed by atoms with Crippen LogP contribution in [-0.2, 0) is 18.4 Å². The summed E-state index contributed by atoms with van der Waals surface area (Å²) in [4.78, 5) is 0. The van der Waals surface area contributed by atoms with Gasteiger partial charge in [-0.3, -0.25) is 0 Å². The lowest BCUT2D eigenvalue weighted by atomic mass is 10.1. The summed E-state index contributed by atoms with van der Waals surface area (Å²) in [6.07, 6.45) is 2.15. The highest BCUT2D eigenvalue weighted by Gasteiger charge is 2.05. The highest BCUT2D eigenvalue weighted by atomic mass is 16.5. The Morgan fingerprint density at radius 1 is 1.33 bits per heavy atom. The van der Waals surface area contributed by atoms with Gasteiger partial charge in [0.25, 0.3) is 0 Å². The Kier molecular flexibility index (Phi) is 2.78. The highest BCUT2D eigenvalue weighted by molar-refractivity contribution is 5.84. The first kappa shape index (κ1) is 10.2. The van der Waals surface area contributed by atoms with Crippen molar-refractivity contribution < 1.29 is 4.74 Å². The normalized spacial score (nSPS) is 11.1. The minimum atomic E-state index is 0.705. The molecule has 0 spiro atoms. The molecule has 0 bridgehead atoms. The van der Waals surface area contributed by atoms with E-state index in [1.54, 1.807) is 0 Å². The fraction of sp³-hybridized carbons (Fsp3) is 0.385. The standard InChI is InChI=1S/C13H17NO/c1-4-15-9-11-8-14(3)13-7-10(2)5-6-12(11)13/h5-8H,4,9H2,1-3H3. The van der Waals surface area contributed by atoms with E-state index < -0.39 is 0 Å². The molecule has 0 aliphatic rings. The number of aromatic nitrogens is 1. The summed E-state index contributed by atoms with van der Waals surface area (Å²) in [6.45, 7) is 5.61. The van der Waals surface area contributed by atoms with Crippen molar-refractivity contribution in [3.05, 3.63) is 35.5 Å². The van der Waals surface area contributed by atoms with Gasteiger partial charge in [0.05, 0.1) is 6.61 Å². The first-order valence-corrected chi connectivity index (χ1v) is 5.34. The first-order valence-electron chi connectivity index (χ1n) is 5.34. The molecule has 1 aromatic carbocycles. The second-order valence-electron chi connectivity index (χ2n) is 3.92. The molecule has 0 atom stereocenters. The Morgan fingerprint density at radius 3 is 2.87 bits per heavy atom. The molecule has 0 aliphatic heterocycles. The van der Waals surface area contributed by atoms with Crippen molar-refractivity contribution >= 4 is 10.9 Å². The lowest BCUT2D eigenvalue weighted by molar-refractivity contribution is 0.135.